The number of anilines is 1. The van der Waals surface area contributed by atoms with Crippen LogP contribution in [0.4, 0.5) is 11.5 Å². The molecular formula is C18H15ClN4O. The van der Waals surface area contributed by atoms with Gasteiger partial charge in [-0.3, -0.25) is 0 Å². The van der Waals surface area contributed by atoms with Crippen LogP contribution >= 0.6 is 11.6 Å². The van der Waals surface area contributed by atoms with Crippen molar-refractivity contribution in [3.63, 3.8) is 0 Å². The van der Waals surface area contributed by atoms with Crippen LogP contribution in [0, 0.1) is 4.91 Å². The van der Waals surface area contributed by atoms with E-state index >= 15 is 0 Å². The Kier molecular flexibility index (Phi) is 3.86. The van der Waals surface area contributed by atoms with E-state index in [9.17, 15) is 4.91 Å². The van der Waals surface area contributed by atoms with Gasteiger partial charge in [0, 0.05) is 18.7 Å². The number of hydrogen-bond acceptors (Lipinski definition) is 5. The van der Waals surface area contributed by atoms with E-state index in [4.69, 9.17) is 16.6 Å². The van der Waals surface area contributed by atoms with E-state index in [1.54, 1.807) is 12.1 Å². The summed E-state index contributed by atoms with van der Waals surface area (Å²) in [5, 5.41) is 4.61. The Hall–Kier alpha value is -2.53. The Morgan fingerprint density at radius 1 is 1.00 bits per heavy atom. The lowest BCUT2D eigenvalue weighted by molar-refractivity contribution is 0.941. The van der Waals surface area contributed by atoms with E-state index in [0.717, 1.165) is 42.7 Å². The lowest BCUT2D eigenvalue weighted by Crippen LogP contribution is -2.20. The second-order valence-electron chi connectivity index (χ2n) is 5.81. The van der Waals surface area contributed by atoms with Crippen molar-refractivity contribution in [1.29, 1.82) is 0 Å². The van der Waals surface area contributed by atoms with Gasteiger partial charge in [0.25, 0.3) is 0 Å². The Balaban J connectivity index is 1.99. The molecule has 0 aliphatic carbocycles. The molecule has 0 saturated carbocycles. The highest BCUT2D eigenvalue weighted by atomic mass is 35.5. The molecule has 120 valence electrons. The van der Waals surface area contributed by atoms with Gasteiger partial charge in [0.05, 0.1) is 15.9 Å². The van der Waals surface area contributed by atoms with Crippen LogP contribution in [0.1, 0.15) is 12.8 Å². The average molecular weight is 339 g/mol. The summed E-state index contributed by atoms with van der Waals surface area (Å²) in [7, 11) is 0. The zero-order chi connectivity index (χ0) is 16.5. The first kappa shape index (κ1) is 15.0. The van der Waals surface area contributed by atoms with Crippen molar-refractivity contribution in [2.75, 3.05) is 18.0 Å². The molecule has 1 fully saturated rings. The van der Waals surface area contributed by atoms with E-state index in [0.29, 0.717) is 22.1 Å². The molecule has 0 bridgehead atoms. The Bertz CT molecular complexity index is 922. The molecule has 4 rings (SSSR count). The van der Waals surface area contributed by atoms with Crippen LogP contribution < -0.4 is 4.90 Å². The zero-order valence-electron chi connectivity index (χ0n) is 12.9. The molecule has 5 nitrogen and oxygen atoms in total. The largest absolute Gasteiger partial charge is 0.356 e. The maximum absolute atomic E-state index is 11.1. The normalized spacial score (nSPS) is 14.3. The number of nitrogens with zero attached hydrogens (tertiary/aromatic N) is 4. The topological polar surface area (TPSA) is 58.5 Å². The SMILES string of the molecule is O=Nc1ccccc1-c1nc(N2CCCC2)c2c(Cl)cccc2n1. The van der Waals surface area contributed by atoms with Gasteiger partial charge >= 0.3 is 0 Å². The van der Waals surface area contributed by atoms with Crippen molar-refractivity contribution in [3.05, 3.63) is 52.4 Å². The third-order valence-electron chi connectivity index (χ3n) is 4.30. The summed E-state index contributed by atoms with van der Waals surface area (Å²) in [6.45, 7) is 1.90. The summed E-state index contributed by atoms with van der Waals surface area (Å²) in [4.78, 5) is 22.7. The first-order valence-corrected chi connectivity index (χ1v) is 8.29. The molecule has 1 aliphatic heterocycles. The van der Waals surface area contributed by atoms with Gasteiger partial charge in [-0.2, -0.15) is 0 Å². The van der Waals surface area contributed by atoms with Crippen LogP contribution in [0.25, 0.3) is 22.3 Å². The molecule has 24 heavy (non-hydrogen) atoms. The molecule has 1 aliphatic rings. The summed E-state index contributed by atoms with van der Waals surface area (Å²) in [5.74, 6) is 1.33. The van der Waals surface area contributed by atoms with Crippen LogP contribution in [0.5, 0.6) is 0 Å². The van der Waals surface area contributed by atoms with Crippen LogP contribution in [-0.4, -0.2) is 23.1 Å². The minimum absolute atomic E-state index is 0.339. The third kappa shape index (κ3) is 2.51. The molecule has 0 atom stereocenters. The van der Waals surface area contributed by atoms with E-state index < -0.39 is 0 Å². The Morgan fingerprint density at radius 2 is 1.79 bits per heavy atom. The molecule has 6 heteroatoms. The number of benzene rings is 2. The van der Waals surface area contributed by atoms with Gasteiger partial charge in [0.2, 0.25) is 0 Å². The molecule has 2 heterocycles. The summed E-state index contributed by atoms with van der Waals surface area (Å²) in [6, 6.07) is 12.8. The lowest BCUT2D eigenvalue weighted by atomic mass is 10.1. The van der Waals surface area contributed by atoms with E-state index in [1.807, 2.05) is 30.3 Å². The van der Waals surface area contributed by atoms with Crippen molar-refractivity contribution < 1.29 is 0 Å². The Morgan fingerprint density at radius 3 is 2.58 bits per heavy atom. The molecule has 3 aromatic rings. The van der Waals surface area contributed by atoms with Gasteiger partial charge in [0.15, 0.2) is 5.82 Å². The van der Waals surface area contributed by atoms with E-state index in [2.05, 4.69) is 15.1 Å². The molecular weight excluding hydrogens is 324 g/mol. The van der Waals surface area contributed by atoms with Gasteiger partial charge in [-0.25, -0.2) is 9.97 Å². The van der Waals surface area contributed by atoms with Gasteiger partial charge in [-0.15, -0.1) is 4.91 Å². The maximum atomic E-state index is 11.1. The second-order valence-corrected chi connectivity index (χ2v) is 6.21. The van der Waals surface area contributed by atoms with Crippen LogP contribution in [0.3, 0.4) is 0 Å². The molecule has 0 N–H and O–H groups in total. The fraction of sp³-hybridized carbons (Fsp3) is 0.222. The van der Waals surface area contributed by atoms with Crippen LogP contribution in [-0.2, 0) is 0 Å². The van der Waals surface area contributed by atoms with Crippen molar-refractivity contribution in [2.24, 2.45) is 5.18 Å². The number of aromatic nitrogens is 2. The fourth-order valence-electron chi connectivity index (χ4n) is 3.14. The quantitative estimate of drug-likeness (QED) is 0.634. The van der Waals surface area contributed by atoms with Crippen molar-refractivity contribution in [1.82, 2.24) is 9.97 Å². The highest BCUT2D eigenvalue weighted by molar-refractivity contribution is 6.36. The molecule has 0 amide bonds. The minimum atomic E-state index is 0.339. The number of fused-ring (bicyclic) bond motifs is 1. The van der Waals surface area contributed by atoms with Gasteiger partial charge in [-0.1, -0.05) is 29.8 Å². The first-order chi connectivity index (χ1) is 11.8. The predicted molar refractivity (Wildman–Crippen MR) is 96.9 cm³/mol. The van der Waals surface area contributed by atoms with Gasteiger partial charge < -0.3 is 4.90 Å². The highest BCUT2D eigenvalue weighted by Crippen LogP contribution is 2.36. The van der Waals surface area contributed by atoms with Crippen molar-refractivity contribution in [3.8, 4) is 11.4 Å². The second kappa shape index (κ2) is 6.17. The Labute approximate surface area is 144 Å². The molecule has 0 radical (unpaired) electrons. The van der Waals surface area contributed by atoms with Crippen molar-refractivity contribution >= 4 is 34.0 Å². The van der Waals surface area contributed by atoms with E-state index in [1.165, 1.54) is 0 Å². The molecule has 0 spiro atoms. The standard InChI is InChI=1S/C18H15ClN4O/c19-13-7-5-9-15-16(13)18(23-10-3-4-11-23)21-17(20-15)12-6-1-2-8-14(12)22-24/h1-2,5-9H,3-4,10-11H2. The fourth-order valence-corrected chi connectivity index (χ4v) is 3.40. The smallest absolute Gasteiger partial charge is 0.164 e. The van der Waals surface area contributed by atoms with Crippen LogP contribution in [0.2, 0.25) is 5.02 Å². The summed E-state index contributed by atoms with van der Waals surface area (Å²) in [6.07, 6.45) is 2.27. The third-order valence-corrected chi connectivity index (χ3v) is 4.62. The number of rotatable bonds is 3. The molecule has 1 aromatic heterocycles. The molecule has 0 unspecified atom stereocenters. The van der Waals surface area contributed by atoms with Crippen molar-refractivity contribution in [2.45, 2.75) is 12.8 Å². The highest BCUT2D eigenvalue weighted by Gasteiger charge is 2.21. The summed E-state index contributed by atoms with van der Waals surface area (Å²) in [5.41, 5.74) is 1.75. The number of hydrogen-bond donors (Lipinski definition) is 0. The lowest BCUT2D eigenvalue weighted by Gasteiger charge is -2.20. The first-order valence-electron chi connectivity index (χ1n) is 7.92. The summed E-state index contributed by atoms with van der Waals surface area (Å²) < 4.78 is 0. The minimum Gasteiger partial charge on any atom is -0.356 e. The molecule has 2 aromatic carbocycles. The number of nitroso groups, excluding NO2 is 1. The number of halogens is 1. The average Bonchev–Trinajstić information content (AvgIpc) is 3.15. The summed E-state index contributed by atoms with van der Waals surface area (Å²) >= 11 is 6.42. The predicted octanol–water partition coefficient (Wildman–Crippen LogP) is 4.95. The van der Waals surface area contributed by atoms with Gasteiger partial charge in [-0.05, 0) is 42.3 Å². The molecule has 1 saturated heterocycles. The van der Waals surface area contributed by atoms with E-state index in [-0.39, 0.29) is 0 Å². The van der Waals surface area contributed by atoms with Gasteiger partial charge in [0.1, 0.15) is 11.5 Å². The zero-order valence-corrected chi connectivity index (χ0v) is 13.7. The van der Waals surface area contributed by atoms with Crippen LogP contribution in [0.15, 0.2) is 47.6 Å². The maximum Gasteiger partial charge on any atom is 0.164 e. The monoisotopic (exact) mass is 338 g/mol.